The first-order valence-corrected chi connectivity index (χ1v) is 13.2. The summed E-state index contributed by atoms with van der Waals surface area (Å²) in [6.45, 7) is 2.91. The molecule has 1 unspecified atom stereocenters. The SMILES string of the molecule is CCC(C(=O)OC)[C@H]1C[C@@H](COc2ccc(-c3ccc(C#N)cc3)cc2)N(CCCc2ccccc2)C1=O. The molecule has 0 saturated carbocycles. The Hall–Kier alpha value is -4.11. The Labute approximate surface area is 224 Å². The van der Waals surface area contributed by atoms with Gasteiger partial charge in [0.2, 0.25) is 5.91 Å². The van der Waals surface area contributed by atoms with Crippen LogP contribution in [0.3, 0.4) is 0 Å². The van der Waals surface area contributed by atoms with Crippen molar-refractivity contribution in [1.82, 2.24) is 4.90 Å². The van der Waals surface area contributed by atoms with Gasteiger partial charge >= 0.3 is 5.97 Å². The average molecular weight is 511 g/mol. The number of benzene rings is 3. The summed E-state index contributed by atoms with van der Waals surface area (Å²) in [5.41, 5.74) is 3.93. The zero-order chi connectivity index (χ0) is 26.9. The molecule has 6 heteroatoms. The Bertz CT molecular complexity index is 1250. The molecule has 1 saturated heterocycles. The van der Waals surface area contributed by atoms with E-state index in [1.54, 1.807) is 12.1 Å². The number of likely N-dealkylation sites (tertiary alicyclic amines) is 1. The van der Waals surface area contributed by atoms with Gasteiger partial charge in [0, 0.05) is 6.54 Å². The fraction of sp³-hybridized carbons (Fsp3) is 0.344. The summed E-state index contributed by atoms with van der Waals surface area (Å²) in [6, 6.07) is 27.6. The largest absolute Gasteiger partial charge is 0.491 e. The highest BCUT2D eigenvalue weighted by Crippen LogP contribution is 2.34. The number of methoxy groups -OCH3 is 1. The second-order valence-corrected chi connectivity index (χ2v) is 9.68. The molecule has 1 amide bonds. The second kappa shape index (κ2) is 12.9. The van der Waals surface area contributed by atoms with Crippen molar-refractivity contribution in [3.63, 3.8) is 0 Å². The molecule has 0 spiro atoms. The lowest BCUT2D eigenvalue weighted by atomic mass is 9.87. The molecular weight excluding hydrogens is 476 g/mol. The van der Waals surface area contributed by atoms with Gasteiger partial charge < -0.3 is 14.4 Å². The lowest BCUT2D eigenvalue weighted by molar-refractivity contribution is -0.151. The summed E-state index contributed by atoms with van der Waals surface area (Å²) < 4.78 is 11.2. The topological polar surface area (TPSA) is 79.6 Å². The third kappa shape index (κ3) is 6.41. The van der Waals surface area contributed by atoms with E-state index in [4.69, 9.17) is 14.7 Å². The summed E-state index contributed by atoms with van der Waals surface area (Å²) in [5.74, 6) is -0.421. The highest BCUT2D eigenvalue weighted by Gasteiger charge is 2.45. The van der Waals surface area contributed by atoms with E-state index in [1.807, 2.05) is 66.4 Å². The number of nitrogens with zero attached hydrogens (tertiary/aromatic N) is 2. The van der Waals surface area contributed by atoms with E-state index >= 15 is 0 Å². The van der Waals surface area contributed by atoms with Crippen LogP contribution >= 0.6 is 0 Å². The third-order valence-electron chi connectivity index (χ3n) is 7.35. The van der Waals surface area contributed by atoms with E-state index in [1.165, 1.54) is 12.7 Å². The fourth-order valence-electron chi connectivity index (χ4n) is 5.24. The Morgan fingerprint density at radius 3 is 2.29 bits per heavy atom. The smallest absolute Gasteiger partial charge is 0.309 e. The minimum Gasteiger partial charge on any atom is -0.491 e. The lowest BCUT2D eigenvalue weighted by Gasteiger charge is -2.25. The summed E-state index contributed by atoms with van der Waals surface area (Å²) in [4.78, 5) is 27.8. The number of ether oxygens (including phenoxy) is 2. The number of hydrogen-bond acceptors (Lipinski definition) is 5. The van der Waals surface area contributed by atoms with Gasteiger partial charge in [0.25, 0.3) is 0 Å². The molecule has 3 aromatic rings. The number of carbonyl (C=O) groups excluding carboxylic acids is 2. The summed E-state index contributed by atoms with van der Waals surface area (Å²) >= 11 is 0. The Morgan fingerprint density at radius 1 is 1.03 bits per heavy atom. The standard InChI is InChI=1S/C32H34N2O4/c1-3-29(32(36)37-2)30-20-27(34(31(30)35)19-7-10-23-8-5-4-6-9-23)22-38-28-17-15-26(16-18-28)25-13-11-24(21-33)12-14-25/h4-6,8-9,11-18,27,29-30H,3,7,10,19-20,22H2,1-2H3/t27-,29?,30+/m0/s1. The number of esters is 1. The molecule has 1 aliphatic heterocycles. The lowest BCUT2D eigenvalue weighted by Crippen LogP contribution is -2.39. The van der Waals surface area contributed by atoms with Gasteiger partial charge in [0.15, 0.2) is 0 Å². The summed E-state index contributed by atoms with van der Waals surface area (Å²) in [6.07, 6.45) is 2.85. The average Bonchev–Trinajstić information content (AvgIpc) is 3.27. The molecule has 0 bridgehead atoms. The zero-order valence-corrected chi connectivity index (χ0v) is 22.0. The molecule has 6 nitrogen and oxygen atoms in total. The zero-order valence-electron chi connectivity index (χ0n) is 22.0. The molecule has 196 valence electrons. The maximum Gasteiger partial charge on any atom is 0.309 e. The molecule has 0 aliphatic carbocycles. The Kier molecular flexibility index (Phi) is 9.16. The van der Waals surface area contributed by atoms with E-state index in [0.29, 0.717) is 31.6 Å². The van der Waals surface area contributed by atoms with Gasteiger partial charge in [-0.3, -0.25) is 9.59 Å². The van der Waals surface area contributed by atoms with Crippen LogP contribution in [0.1, 0.15) is 37.3 Å². The maximum absolute atomic E-state index is 13.5. The van der Waals surface area contributed by atoms with Crippen molar-refractivity contribution >= 4 is 11.9 Å². The summed E-state index contributed by atoms with van der Waals surface area (Å²) in [5, 5.41) is 9.01. The van der Waals surface area contributed by atoms with Crippen molar-refractivity contribution < 1.29 is 19.1 Å². The van der Waals surface area contributed by atoms with Gasteiger partial charge in [-0.1, -0.05) is 61.5 Å². The van der Waals surface area contributed by atoms with E-state index < -0.39 is 11.8 Å². The first-order valence-electron chi connectivity index (χ1n) is 13.2. The van der Waals surface area contributed by atoms with E-state index in [0.717, 1.165) is 29.7 Å². The van der Waals surface area contributed by atoms with Gasteiger partial charge in [-0.2, -0.15) is 5.26 Å². The quantitative estimate of drug-likeness (QED) is 0.311. The Balaban J connectivity index is 1.43. The molecule has 1 heterocycles. The minimum absolute atomic E-state index is 0.0140. The molecule has 1 fully saturated rings. The monoisotopic (exact) mass is 510 g/mol. The van der Waals surface area contributed by atoms with Crippen molar-refractivity contribution in [2.45, 2.75) is 38.6 Å². The van der Waals surface area contributed by atoms with Crippen LogP contribution in [-0.4, -0.2) is 43.1 Å². The molecule has 38 heavy (non-hydrogen) atoms. The van der Waals surface area contributed by atoms with E-state index in [2.05, 4.69) is 18.2 Å². The van der Waals surface area contributed by atoms with Crippen LogP contribution in [0.2, 0.25) is 0 Å². The fourth-order valence-corrected chi connectivity index (χ4v) is 5.24. The number of nitriles is 1. The normalized spacial score (nSPS) is 17.6. The van der Waals surface area contributed by atoms with Gasteiger partial charge in [-0.25, -0.2) is 0 Å². The van der Waals surface area contributed by atoms with Crippen molar-refractivity contribution in [3.05, 3.63) is 90.0 Å². The molecule has 0 N–H and O–H groups in total. The number of carbonyl (C=O) groups is 2. The van der Waals surface area contributed by atoms with Crippen LogP contribution in [0.25, 0.3) is 11.1 Å². The van der Waals surface area contributed by atoms with Crippen LogP contribution in [0.15, 0.2) is 78.9 Å². The molecule has 3 atom stereocenters. The maximum atomic E-state index is 13.5. The highest BCUT2D eigenvalue weighted by molar-refractivity contribution is 5.87. The number of hydrogen-bond donors (Lipinski definition) is 0. The first-order chi connectivity index (χ1) is 18.5. The summed E-state index contributed by atoms with van der Waals surface area (Å²) in [7, 11) is 1.38. The second-order valence-electron chi connectivity index (χ2n) is 9.68. The van der Waals surface area contributed by atoms with E-state index in [9.17, 15) is 9.59 Å². The number of amides is 1. The molecule has 0 aromatic heterocycles. The predicted molar refractivity (Wildman–Crippen MR) is 146 cm³/mol. The molecule has 0 radical (unpaired) electrons. The van der Waals surface area contributed by atoms with Crippen LogP contribution in [-0.2, 0) is 20.7 Å². The highest BCUT2D eigenvalue weighted by atomic mass is 16.5. The van der Waals surface area contributed by atoms with Gasteiger partial charge in [0.05, 0.1) is 36.6 Å². The molecular formula is C32H34N2O4. The number of rotatable bonds is 11. The van der Waals surface area contributed by atoms with Crippen molar-refractivity contribution in [2.24, 2.45) is 11.8 Å². The van der Waals surface area contributed by atoms with Gasteiger partial charge in [0.1, 0.15) is 12.4 Å². The van der Waals surface area contributed by atoms with Crippen molar-refractivity contribution in [2.75, 3.05) is 20.3 Å². The first kappa shape index (κ1) is 26.9. The van der Waals surface area contributed by atoms with Crippen LogP contribution in [0.5, 0.6) is 5.75 Å². The van der Waals surface area contributed by atoms with E-state index in [-0.39, 0.29) is 17.9 Å². The molecule has 1 aliphatic rings. The van der Waals surface area contributed by atoms with Crippen molar-refractivity contribution in [1.29, 1.82) is 5.26 Å². The van der Waals surface area contributed by atoms with Crippen LogP contribution in [0, 0.1) is 23.2 Å². The number of aryl methyl sites for hydroxylation is 1. The predicted octanol–water partition coefficient (Wildman–Crippen LogP) is 5.65. The molecule has 4 rings (SSSR count). The van der Waals surface area contributed by atoms with Crippen LogP contribution in [0.4, 0.5) is 0 Å². The molecule has 3 aromatic carbocycles. The van der Waals surface area contributed by atoms with Gasteiger partial charge in [-0.05, 0) is 66.6 Å². The Morgan fingerprint density at radius 2 is 1.68 bits per heavy atom. The van der Waals surface area contributed by atoms with Gasteiger partial charge in [-0.15, -0.1) is 0 Å². The minimum atomic E-state index is -0.444. The van der Waals surface area contributed by atoms with Crippen LogP contribution < -0.4 is 4.74 Å². The van der Waals surface area contributed by atoms with Crippen molar-refractivity contribution in [3.8, 4) is 22.9 Å². The third-order valence-corrected chi connectivity index (χ3v) is 7.35.